The quantitative estimate of drug-likeness (QED) is 0.368. The Labute approximate surface area is 189 Å². The molecule has 1 fully saturated rings. The second kappa shape index (κ2) is 9.69. The van der Waals surface area contributed by atoms with E-state index in [0.717, 1.165) is 41.2 Å². The van der Waals surface area contributed by atoms with Gasteiger partial charge in [-0.25, -0.2) is 4.79 Å². The summed E-state index contributed by atoms with van der Waals surface area (Å²) < 4.78 is 11.3. The summed E-state index contributed by atoms with van der Waals surface area (Å²) in [7, 11) is 1.77. The number of rotatable bonds is 3. The third-order valence-electron chi connectivity index (χ3n) is 4.77. The Morgan fingerprint density at radius 2 is 2.07 bits per heavy atom. The van der Waals surface area contributed by atoms with Gasteiger partial charge in [0.1, 0.15) is 16.9 Å². The second-order valence-corrected chi connectivity index (χ2v) is 8.13. The third kappa shape index (κ3) is 6.01. The van der Waals surface area contributed by atoms with Crippen LogP contribution in [-0.2, 0) is 11.3 Å². The molecule has 0 saturated carbocycles. The van der Waals surface area contributed by atoms with Crippen molar-refractivity contribution in [2.75, 3.05) is 20.1 Å². The van der Waals surface area contributed by atoms with Crippen LogP contribution in [-0.4, -0.2) is 48.7 Å². The first kappa shape index (κ1) is 23.3. The molecule has 2 N–H and O–H groups in total. The smallest absolute Gasteiger partial charge is 0.407 e. The van der Waals surface area contributed by atoms with Crippen molar-refractivity contribution in [2.24, 2.45) is 4.99 Å². The number of carbonyl (C=O) groups is 1. The van der Waals surface area contributed by atoms with E-state index in [1.165, 1.54) is 0 Å². The number of amides is 1. The van der Waals surface area contributed by atoms with Gasteiger partial charge in [0.15, 0.2) is 5.96 Å². The van der Waals surface area contributed by atoms with Crippen LogP contribution in [0.25, 0.3) is 11.0 Å². The molecule has 1 aromatic carbocycles. The lowest BCUT2D eigenvalue weighted by molar-refractivity contribution is 0.0507. The van der Waals surface area contributed by atoms with E-state index in [-0.39, 0.29) is 36.1 Å². The number of hydrogen-bond acceptors (Lipinski definition) is 4. The van der Waals surface area contributed by atoms with Crippen molar-refractivity contribution in [2.45, 2.75) is 52.3 Å². The summed E-state index contributed by atoms with van der Waals surface area (Å²) in [6.07, 6.45) is 0.476. The number of carbonyl (C=O) groups excluding carboxylic acids is 1. The Hall–Kier alpha value is -1.97. The first-order valence-corrected chi connectivity index (χ1v) is 9.69. The first-order chi connectivity index (χ1) is 13.3. The minimum Gasteiger partial charge on any atom is -0.459 e. The maximum atomic E-state index is 12.0. The average Bonchev–Trinajstić information content (AvgIpc) is 3.19. The second-order valence-electron chi connectivity index (χ2n) is 8.13. The predicted octanol–water partition coefficient (Wildman–Crippen LogP) is 4.03. The molecule has 1 aromatic heterocycles. The molecule has 3 rings (SSSR count). The lowest BCUT2D eigenvalue weighted by Gasteiger charge is -2.23. The summed E-state index contributed by atoms with van der Waals surface area (Å²) in [5.74, 6) is 1.71. The highest BCUT2D eigenvalue weighted by molar-refractivity contribution is 14.0. The SMILES string of the molecule is CN=C(NCc1oc2ccccc2c1C)N1CCC(NC(=O)OC(C)(C)C)C1.I. The van der Waals surface area contributed by atoms with Gasteiger partial charge in [0, 0.05) is 31.1 Å². The minimum atomic E-state index is -0.496. The lowest BCUT2D eigenvalue weighted by atomic mass is 10.1. The number of likely N-dealkylation sites (tertiary alicyclic amines) is 1. The normalized spacial score (nSPS) is 17.2. The van der Waals surface area contributed by atoms with Crippen LogP contribution >= 0.6 is 24.0 Å². The number of ether oxygens (including phenoxy) is 1. The summed E-state index contributed by atoms with van der Waals surface area (Å²) >= 11 is 0. The highest BCUT2D eigenvalue weighted by Gasteiger charge is 2.28. The van der Waals surface area contributed by atoms with Crippen molar-refractivity contribution >= 4 is 47.0 Å². The van der Waals surface area contributed by atoms with Crippen LogP contribution in [0.2, 0.25) is 0 Å². The van der Waals surface area contributed by atoms with E-state index in [9.17, 15) is 4.79 Å². The number of furan rings is 1. The molecule has 1 saturated heterocycles. The summed E-state index contributed by atoms with van der Waals surface area (Å²) in [4.78, 5) is 18.5. The van der Waals surface area contributed by atoms with Gasteiger partial charge in [-0.15, -0.1) is 24.0 Å². The van der Waals surface area contributed by atoms with Crippen LogP contribution in [0.1, 0.15) is 38.5 Å². The van der Waals surface area contributed by atoms with E-state index < -0.39 is 5.60 Å². The molecule has 7 nitrogen and oxygen atoms in total. The summed E-state index contributed by atoms with van der Waals surface area (Å²) in [5, 5.41) is 7.46. The zero-order chi connectivity index (χ0) is 20.3. The Bertz CT molecular complexity index is 872. The topological polar surface area (TPSA) is 79.1 Å². The maximum Gasteiger partial charge on any atom is 0.407 e. The average molecular weight is 514 g/mol. The largest absolute Gasteiger partial charge is 0.459 e. The fourth-order valence-corrected chi connectivity index (χ4v) is 3.43. The summed E-state index contributed by atoms with van der Waals surface area (Å²) in [6, 6.07) is 8.09. The van der Waals surface area contributed by atoms with E-state index in [0.29, 0.717) is 13.1 Å². The van der Waals surface area contributed by atoms with Gasteiger partial charge in [-0.2, -0.15) is 0 Å². The fourth-order valence-electron chi connectivity index (χ4n) is 3.43. The molecule has 1 amide bonds. The van der Waals surface area contributed by atoms with Crippen molar-refractivity contribution < 1.29 is 13.9 Å². The van der Waals surface area contributed by atoms with Gasteiger partial charge in [0.05, 0.1) is 12.6 Å². The number of alkyl carbamates (subject to hydrolysis) is 1. The lowest BCUT2D eigenvalue weighted by Crippen LogP contribution is -2.44. The molecule has 1 aliphatic rings. The van der Waals surface area contributed by atoms with Crippen LogP contribution in [0.15, 0.2) is 33.7 Å². The number of nitrogens with zero attached hydrogens (tertiary/aromatic N) is 2. The van der Waals surface area contributed by atoms with E-state index in [2.05, 4.69) is 33.5 Å². The predicted molar refractivity (Wildman–Crippen MR) is 126 cm³/mol. The van der Waals surface area contributed by atoms with Crippen molar-refractivity contribution in [3.8, 4) is 0 Å². The molecular formula is C21H31IN4O3. The highest BCUT2D eigenvalue weighted by atomic mass is 127. The number of guanidine groups is 1. The number of aryl methyl sites for hydroxylation is 1. The van der Waals surface area contributed by atoms with Gasteiger partial charge in [-0.3, -0.25) is 4.99 Å². The molecule has 160 valence electrons. The molecule has 1 aliphatic heterocycles. The minimum absolute atomic E-state index is 0. The zero-order valence-electron chi connectivity index (χ0n) is 17.7. The molecule has 1 atom stereocenters. The molecule has 29 heavy (non-hydrogen) atoms. The van der Waals surface area contributed by atoms with Crippen LogP contribution < -0.4 is 10.6 Å². The maximum absolute atomic E-state index is 12.0. The van der Waals surface area contributed by atoms with Crippen molar-refractivity contribution in [1.82, 2.24) is 15.5 Å². The van der Waals surface area contributed by atoms with Gasteiger partial charge in [-0.1, -0.05) is 18.2 Å². The number of hydrogen-bond donors (Lipinski definition) is 2. The van der Waals surface area contributed by atoms with E-state index in [1.54, 1.807) is 7.05 Å². The van der Waals surface area contributed by atoms with Crippen LogP contribution in [0.5, 0.6) is 0 Å². The Morgan fingerprint density at radius 3 is 2.72 bits per heavy atom. The zero-order valence-corrected chi connectivity index (χ0v) is 20.1. The van der Waals surface area contributed by atoms with Gasteiger partial charge in [-0.05, 0) is 40.2 Å². The molecule has 1 unspecified atom stereocenters. The van der Waals surface area contributed by atoms with E-state index >= 15 is 0 Å². The van der Waals surface area contributed by atoms with Crippen LogP contribution in [0, 0.1) is 6.92 Å². The molecule has 2 aromatic rings. The standard InChI is InChI=1S/C21H30N4O3.HI/c1-14-16-8-6-7-9-17(16)27-18(14)12-23-19(22-5)25-11-10-15(13-25)24-20(26)28-21(2,3)4;/h6-9,15H,10-13H2,1-5H3,(H,22,23)(H,24,26);1H. The van der Waals surface area contributed by atoms with Gasteiger partial charge >= 0.3 is 6.09 Å². The number of para-hydroxylation sites is 1. The van der Waals surface area contributed by atoms with E-state index in [4.69, 9.17) is 9.15 Å². The highest BCUT2D eigenvalue weighted by Crippen LogP contribution is 2.24. The van der Waals surface area contributed by atoms with Crippen LogP contribution in [0.4, 0.5) is 4.79 Å². The summed E-state index contributed by atoms with van der Waals surface area (Å²) in [5.41, 5.74) is 1.55. The third-order valence-corrected chi connectivity index (χ3v) is 4.77. The Kier molecular flexibility index (Phi) is 7.79. The number of benzene rings is 1. The molecule has 2 heterocycles. The van der Waals surface area contributed by atoms with Crippen molar-refractivity contribution in [3.05, 3.63) is 35.6 Å². The number of fused-ring (bicyclic) bond motifs is 1. The molecule has 0 radical (unpaired) electrons. The van der Waals surface area contributed by atoms with Gasteiger partial charge in [0.25, 0.3) is 0 Å². The number of halogens is 1. The Morgan fingerprint density at radius 1 is 1.34 bits per heavy atom. The molecule has 0 spiro atoms. The van der Waals surface area contributed by atoms with Gasteiger partial charge < -0.3 is 24.7 Å². The van der Waals surface area contributed by atoms with Crippen molar-refractivity contribution in [1.29, 1.82) is 0 Å². The monoisotopic (exact) mass is 514 g/mol. The van der Waals surface area contributed by atoms with Crippen molar-refractivity contribution in [3.63, 3.8) is 0 Å². The Balaban J connectivity index is 0.00000300. The molecular weight excluding hydrogens is 483 g/mol. The van der Waals surface area contributed by atoms with Gasteiger partial charge in [0.2, 0.25) is 0 Å². The van der Waals surface area contributed by atoms with Crippen LogP contribution in [0.3, 0.4) is 0 Å². The number of nitrogens with one attached hydrogen (secondary N) is 2. The fraction of sp³-hybridized carbons (Fsp3) is 0.524. The molecule has 0 bridgehead atoms. The number of aliphatic imine (C=N–C) groups is 1. The molecule has 0 aliphatic carbocycles. The summed E-state index contributed by atoms with van der Waals surface area (Å²) in [6.45, 7) is 9.73. The first-order valence-electron chi connectivity index (χ1n) is 9.69. The van der Waals surface area contributed by atoms with E-state index in [1.807, 2.05) is 39.0 Å². The molecule has 8 heteroatoms.